The molecule has 6 rings (SSSR count). The summed E-state index contributed by atoms with van der Waals surface area (Å²) >= 11 is 10.7. The summed E-state index contributed by atoms with van der Waals surface area (Å²) in [5.41, 5.74) is 1.93. The van der Waals surface area contributed by atoms with Gasteiger partial charge >= 0.3 is 17.1 Å². The first-order valence-corrected chi connectivity index (χ1v) is 25.7. The molecule has 0 aromatic carbocycles. The van der Waals surface area contributed by atoms with Crippen LogP contribution in [0.3, 0.4) is 0 Å². The molecule has 6 aliphatic rings. The van der Waals surface area contributed by atoms with Crippen molar-refractivity contribution in [3.63, 3.8) is 0 Å². The molecular formula is C52H72FeN6O12S2+2. The Morgan fingerprint density at radius 1 is 0.411 bits per heavy atom. The third-order valence-electron chi connectivity index (χ3n) is 11.8. The number of hydrogen-bond acceptors (Lipinski definition) is 16. The Labute approximate surface area is 455 Å². The van der Waals surface area contributed by atoms with Gasteiger partial charge in [-0.2, -0.15) is 0 Å². The van der Waals surface area contributed by atoms with Crippen LogP contribution >= 0.6 is 24.4 Å². The molecule has 2 aliphatic carbocycles. The minimum Gasteiger partial charge on any atom is -0.377 e. The smallest absolute Gasteiger partial charge is 0.377 e. The van der Waals surface area contributed by atoms with Gasteiger partial charge in [0.2, 0.25) is 0 Å². The molecule has 2 saturated carbocycles. The zero-order valence-corrected chi connectivity index (χ0v) is 45.4. The predicted octanol–water partition coefficient (Wildman–Crippen LogP) is 3.16. The molecule has 0 aromatic heterocycles. The molecule has 0 bridgehead atoms. The summed E-state index contributed by atoms with van der Waals surface area (Å²) in [6.07, 6.45) is 22.7. The van der Waals surface area contributed by atoms with Crippen molar-refractivity contribution in [2.75, 3.05) is 158 Å². The standard InChI is InChI=1S/2C26H36N3O6S.Fe/c2*1-3-28-24(30)22(25(31)29(4-2)26(28)36)9-10-23(21-7-5-6-8-21)27-11-13-32-15-17-34-19-20-35-18-16-33-14-12-27;/h2*5-10H,3-4,11-20H2,1-2H3;/q;;+2/b2*23-10-;. The largest absolute Gasteiger partial charge is 2.00 e. The van der Waals surface area contributed by atoms with E-state index in [1.54, 1.807) is 12.2 Å². The molecule has 0 atom stereocenters. The third-order valence-corrected chi connectivity index (χ3v) is 12.6. The van der Waals surface area contributed by atoms with Crippen LogP contribution in [-0.2, 0) is 74.1 Å². The number of carbonyl (C=O) groups is 4. The van der Waals surface area contributed by atoms with Gasteiger partial charge in [-0.25, -0.2) is 0 Å². The number of likely N-dealkylation sites (N-methyl/N-ethyl adjacent to an activating group) is 4. The average molecular weight is 1090 g/mol. The Morgan fingerprint density at radius 2 is 0.630 bits per heavy atom. The molecule has 0 unspecified atom stereocenters. The van der Waals surface area contributed by atoms with Gasteiger partial charge in [0, 0.05) is 75.6 Å². The molecule has 0 N–H and O–H groups in total. The Balaban J connectivity index is 0.000000312. The Kier molecular flexibility index (Phi) is 30.1. The molecule has 4 heterocycles. The van der Waals surface area contributed by atoms with Gasteiger partial charge in [0.25, 0.3) is 23.6 Å². The van der Waals surface area contributed by atoms with Crippen molar-refractivity contribution in [1.29, 1.82) is 0 Å². The van der Waals surface area contributed by atoms with Gasteiger partial charge < -0.3 is 47.7 Å². The van der Waals surface area contributed by atoms with E-state index in [0.29, 0.717) is 158 Å². The molecule has 6 fully saturated rings. The molecule has 0 aromatic rings. The second-order valence-corrected chi connectivity index (χ2v) is 17.0. The molecule has 4 amide bonds. The fourth-order valence-electron chi connectivity index (χ4n) is 7.91. The van der Waals surface area contributed by atoms with Crippen molar-refractivity contribution >= 4 is 58.3 Å². The van der Waals surface area contributed by atoms with Gasteiger partial charge in [-0.1, -0.05) is 0 Å². The molecule has 10 radical (unpaired) electrons. The first-order chi connectivity index (χ1) is 35.2. The summed E-state index contributed by atoms with van der Waals surface area (Å²) < 4.78 is 45.1. The summed E-state index contributed by atoms with van der Waals surface area (Å²) in [4.78, 5) is 62.4. The zero-order chi connectivity index (χ0) is 51.5. The van der Waals surface area contributed by atoms with Gasteiger partial charge in [0.05, 0.1) is 106 Å². The maximum absolute atomic E-state index is 13.1. The number of thiocarbonyl (C=S) groups is 2. The number of carbonyl (C=O) groups excluding carboxylic acids is 4. The van der Waals surface area contributed by atoms with Crippen LogP contribution in [0.5, 0.6) is 0 Å². The molecule has 0 spiro atoms. The van der Waals surface area contributed by atoms with E-state index >= 15 is 0 Å². The number of hydrogen-bond donors (Lipinski definition) is 0. The van der Waals surface area contributed by atoms with Crippen molar-refractivity contribution in [3.8, 4) is 0 Å². The van der Waals surface area contributed by atoms with Crippen molar-refractivity contribution in [2.45, 2.75) is 27.7 Å². The van der Waals surface area contributed by atoms with Crippen molar-refractivity contribution in [2.24, 2.45) is 0 Å². The van der Waals surface area contributed by atoms with E-state index in [1.165, 1.54) is 19.6 Å². The van der Waals surface area contributed by atoms with E-state index in [1.807, 2.05) is 91.2 Å². The summed E-state index contributed by atoms with van der Waals surface area (Å²) in [6, 6.07) is 0. The first kappa shape index (κ1) is 62.4. The van der Waals surface area contributed by atoms with E-state index in [-0.39, 0.29) is 62.1 Å². The molecule has 4 saturated heterocycles. The minimum absolute atomic E-state index is 0. The summed E-state index contributed by atoms with van der Waals surface area (Å²) in [7, 11) is 0. The third kappa shape index (κ3) is 19.1. The van der Waals surface area contributed by atoms with E-state index in [9.17, 15) is 19.2 Å². The van der Waals surface area contributed by atoms with E-state index < -0.39 is 0 Å². The first-order valence-electron chi connectivity index (χ1n) is 24.9. The quantitative estimate of drug-likeness (QED) is 0.136. The van der Waals surface area contributed by atoms with Crippen LogP contribution in [0, 0.1) is 63.2 Å². The van der Waals surface area contributed by atoms with Gasteiger partial charge in [-0.05, 0) is 128 Å². The van der Waals surface area contributed by atoms with E-state index in [4.69, 9.17) is 62.3 Å². The summed E-state index contributed by atoms with van der Waals surface area (Å²) in [5.74, 6) is 0.445. The molecule has 21 heteroatoms. The summed E-state index contributed by atoms with van der Waals surface area (Å²) in [5, 5.41) is 0.500. The Bertz CT molecular complexity index is 1670. The van der Waals surface area contributed by atoms with Gasteiger partial charge in [0.15, 0.2) is 10.2 Å². The maximum atomic E-state index is 13.1. The van der Waals surface area contributed by atoms with Crippen LogP contribution in [0.15, 0.2) is 46.8 Å². The van der Waals surface area contributed by atoms with Gasteiger partial charge in [0.1, 0.15) is 11.1 Å². The second-order valence-electron chi connectivity index (χ2n) is 16.2. The molecule has 4 aliphatic heterocycles. The number of rotatable bonds is 10. The summed E-state index contributed by atoms with van der Waals surface area (Å²) in [6.45, 7) is 19.5. The topological polar surface area (TPSA) is 162 Å². The molecular weight excluding hydrogens is 1020 g/mol. The fraction of sp³-hybridized carbons (Fsp3) is 0.538. The Morgan fingerprint density at radius 3 is 0.849 bits per heavy atom. The zero-order valence-electron chi connectivity index (χ0n) is 42.7. The number of nitrogens with zero attached hydrogens (tertiary/aromatic N) is 6. The normalized spacial score (nSPS) is 22.8. The van der Waals surface area contributed by atoms with Crippen LogP contribution in [0.4, 0.5) is 0 Å². The van der Waals surface area contributed by atoms with Gasteiger partial charge in [-0.15, -0.1) is 0 Å². The van der Waals surface area contributed by atoms with Crippen LogP contribution in [0.1, 0.15) is 27.7 Å². The molecule has 18 nitrogen and oxygen atoms in total. The molecule has 73 heavy (non-hydrogen) atoms. The fourth-order valence-corrected chi connectivity index (χ4v) is 8.76. The van der Waals surface area contributed by atoms with Crippen molar-refractivity contribution in [1.82, 2.24) is 29.4 Å². The predicted molar refractivity (Wildman–Crippen MR) is 278 cm³/mol. The van der Waals surface area contributed by atoms with Crippen molar-refractivity contribution < 1.29 is 74.1 Å². The minimum atomic E-state index is -0.376. The second kappa shape index (κ2) is 35.2. The molecule has 400 valence electrons. The average Bonchev–Trinajstić information content (AvgIpc) is 4.12. The Hall–Kier alpha value is -3.18. The van der Waals surface area contributed by atoms with Crippen molar-refractivity contribution in [3.05, 3.63) is 110 Å². The number of amides is 4. The SMILES string of the molecule is CCN1C(=O)C(=C/C=C(/[C]2[CH][CH][CH][CH]2)N2CCOCCOCCOCCOCC2)C(=O)N(CC)C1=S.CCN1C(=O)C(=C/C=C(/[C]2[CH][CH][CH][CH]2)N2CCOCCOCCOCCOCC2)C(=O)N(CC)C1=S.[Fe+2]. The van der Waals surface area contributed by atoms with Crippen LogP contribution in [-0.4, -0.2) is 221 Å². The van der Waals surface area contributed by atoms with Gasteiger partial charge in [-0.3, -0.25) is 38.8 Å². The van der Waals surface area contributed by atoms with E-state index in [0.717, 1.165) is 23.2 Å². The number of ether oxygens (including phenoxy) is 8. The number of allylic oxidation sites excluding steroid dienone is 6. The van der Waals surface area contributed by atoms with Crippen LogP contribution in [0.2, 0.25) is 0 Å². The maximum Gasteiger partial charge on any atom is 2.00 e. The monoisotopic (exact) mass is 1090 g/mol. The van der Waals surface area contributed by atoms with Crippen LogP contribution in [0.25, 0.3) is 0 Å². The van der Waals surface area contributed by atoms with E-state index in [2.05, 4.69) is 9.80 Å². The van der Waals surface area contributed by atoms with Crippen LogP contribution < -0.4 is 0 Å².